The van der Waals surface area contributed by atoms with Crippen molar-refractivity contribution < 1.29 is 22.7 Å². The number of carbonyl (C=O) groups excluding carboxylic acids is 1. The lowest BCUT2D eigenvalue weighted by molar-refractivity contribution is -0.184. The van der Waals surface area contributed by atoms with Crippen LogP contribution in [0.4, 0.5) is 13.2 Å². The van der Waals surface area contributed by atoms with E-state index in [9.17, 15) is 18.0 Å². The van der Waals surface area contributed by atoms with Gasteiger partial charge < -0.3 is 15.4 Å². The van der Waals surface area contributed by atoms with E-state index >= 15 is 0 Å². The molecule has 0 radical (unpaired) electrons. The van der Waals surface area contributed by atoms with Crippen LogP contribution in [0.5, 0.6) is 0 Å². The van der Waals surface area contributed by atoms with Gasteiger partial charge in [-0.05, 0) is 0 Å². The molecule has 1 unspecified atom stereocenters. The maximum atomic E-state index is 13.0. The van der Waals surface area contributed by atoms with E-state index in [-0.39, 0.29) is 25.4 Å². The Hall–Kier alpha value is -0.570. The molecule has 120 valence electrons. The topological polar surface area (TPSA) is 53.6 Å². The minimum absolute atomic E-state index is 0. The summed E-state index contributed by atoms with van der Waals surface area (Å²) in [6.07, 6.45) is -4.27. The second-order valence-electron chi connectivity index (χ2n) is 4.39. The molecule has 1 amide bonds. The highest BCUT2D eigenvalue weighted by Crippen LogP contribution is 2.24. The van der Waals surface area contributed by atoms with Crippen molar-refractivity contribution in [3.05, 3.63) is 0 Å². The molecular weight excluding hydrogens is 299 g/mol. The highest BCUT2D eigenvalue weighted by Gasteiger charge is 2.43. The zero-order valence-corrected chi connectivity index (χ0v) is 12.1. The summed E-state index contributed by atoms with van der Waals surface area (Å²) in [6.45, 7) is 1.52. The Morgan fingerprint density at radius 1 is 1.40 bits per heavy atom. The lowest BCUT2D eigenvalue weighted by Crippen LogP contribution is -2.57. The van der Waals surface area contributed by atoms with Crippen molar-refractivity contribution >= 4 is 18.3 Å². The van der Waals surface area contributed by atoms with Crippen LogP contribution < -0.4 is 10.6 Å². The van der Waals surface area contributed by atoms with Crippen LogP contribution in [0.15, 0.2) is 0 Å². The van der Waals surface area contributed by atoms with Gasteiger partial charge in [0, 0.05) is 46.3 Å². The van der Waals surface area contributed by atoms with Gasteiger partial charge in [0.05, 0.1) is 6.61 Å². The van der Waals surface area contributed by atoms with E-state index in [1.165, 1.54) is 12.0 Å². The highest BCUT2D eigenvalue weighted by molar-refractivity contribution is 5.85. The molecule has 0 spiro atoms. The normalized spacial score (nSPS) is 18.2. The fourth-order valence-electron chi connectivity index (χ4n) is 1.94. The molecule has 5 nitrogen and oxygen atoms in total. The summed E-state index contributed by atoms with van der Waals surface area (Å²) in [5.74, 6) is -0.425. The van der Waals surface area contributed by atoms with E-state index < -0.39 is 24.7 Å². The number of alkyl halides is 3. The molecule has 0 aromatic carbocycles. The molecule has 2 N–H and O–H groups in total. The maximum Gasteiger partial charge on any atom is 0.405 e. The summed E-state index contributed by atoms with van der Waals surface area (Å²) in [5.41, 5.74) is 0. The second-order valence-corrected chi connectivity index (χ2v) is 4.39. The summed E-state index contributed by atoms with van der Waals surface area (Å²) >= 11 is 0. The average Bonchev–Trinajstić information content (AvgIpc) is 2.36. The van der Waals surface area contributed by atoms with Crippen LogP contribution in [0.3, 0.4) is 0 Å². The molecule has 1 heterocycles. The summed E-state index contributed by atoms with van der Waals surface area (Å²) in [4.78, 5) is 12.7. The standard InChI is InChI=1S/C11H20F3N3O2.ClH/c1-19-7-2-10(18)16-8-9(11(12,13)14)17-5-3-15-4-6-17;/h9,15H,2-8H2,1H3,(H,16,18);1H. The molecule has 0 aromatic rings. The molecule has 1 rings (SSSR count). The largest absolute Gasteiger partial charge is 0.405 e. The molecule has 0 aliphatic carbocycles. The lowest BCUT2D eigenvalue weighted by Gasteiger charge is -2.35. The van der Waals surface area contributed by atoms with Crippen molar-refractivity contribution in [3.63, 3.8) is 0 Å². The maximum absolute atomic E-state index is 13.0. The SMILES string of the molecule is COCCC(=O)NCC(N1CCNCC1)C(F)(F)F.Cl. The van der Waals surface area contributed by atoms with E-state index in [1.807, 2.05) is 0 Å². The molecule has 0 bridgehead atoms. The number of nitrogens with one attached hydrogen (secondary N) is 2. The number of carbonyl (C=O) groups is 1. The summed E-state index contributed by atoms with van der Waals surface area (Å²) in [5, 5.41) is 5.32. The second kappa shape index (κ2) is 9.38. The van der Waals surface area contributed by atoms with Gasteiger partial charge in [-0.3, -0.25) is 9.69 Å². The van der Waals surface area contributed by atoms with E-state index in [2.05, 4.69) is 10.6 Å². The van der Waals surface area contributed by atoms with Crippen molar-refractivity contribution in [1.29, 1.82) is 0 Å². The molecule has 1 aliphatic rings. The van der Waals surface area contributed by atoms with Gasteiger partial charge in [0.15, 0.2) is 0 Å². The number of methoxy groups -OCH3 is 1. The van der Waals surface area contributed by atoms with Gasteiger partial charge in [0.1, 0.15) is 6.04 Å². The average molecular weight is 320 g/mol. The number of rotatable bonds is 6. The van der Waals surface area contributed by atoms with E-state index in [1.54, 1.807) is 0 Å². The minimum Gasteiger partial charge on any atom is -0.384 e. The Labute approximate surface area is 122 Å². The third-order valence-corrected chi connectivity index (χ3v) is 3.00. The monoisotopic (exact) mass is 319 g/mol. The fraction of sp³-hybridized carbons (Fsp3) is 0.909. The first kappa shape index (κ1) is 19.4. The van der Waals surface area contributed by atoms with Gasteiger partial charge in [0.25, 0.3) is 0 Å². The zero-order valence-electron chi connectivity index (χ0n) is 11.3. The van der Waals surface area contributed by atoms with Crippen LogP contribution in [-0.4, -0.2) is 69.5 Å². The lowest BCUT2D eigenvalue weighted by atomic mass is 10.2. The smallest absolute Gasteiger partial charge is 0.384 e. The van der Waals surface area contributed by atoms with Gasteiger partial charge in [-0.15, -0.1) is 12.4 Å². The zero-order chi connectivity index (χ0) is 14.3. The quantitative estimate of drug-likeness (QED) is 0.744. The number of ether oxygens (including phenoxy) is 1. The minimum atomic E-state index is -4.34. The Kier molecular flexibility index (Phi) is 9.11. The molecule has 20 heavy (non-hydrogen) atoms. The number of piperazine rings is 1. The first-order valence-corrected chi connectivity index (χ1v) is 6.22. The van der Waals surface area contributed by atoms with Crippen molar-refractivity contribution in [2.24, 2.45) is 0 Å². The predicted molar refractivity (Wildman–Crippen MR) is 71.0 cm³/mol. The van der Waals surface area contributed by atoms with Crippen molar-refractivity contribution in [2.75, 3.05) is 46.4 Å². The van der Waals surface area contributed by atoms with Crippen LogP contribution >= 0.6 is 12.4 Å². The number of nitrogens with zero attached hydrogens (tertiary/aromatic N) is 1. The summed E-state index contributed by atoms with van der Waals surface area (Å²) in [6, 6.07) is -1.62. The molecule has 0 saturated carbocycles. The molecule has 1 fully saturated rings. The van der Waals surface area contributed by atoms with Crippen LogP contribution in [0.1, 0.15) is 6.42 Å². The Balaban J connectivity index is 0.00000361. The van der Waals surface area contributed by atoms with Gasteiger partial charge in [0.2, 0.25) is 5.91 Å². The molecule has 9 heteroatoms. The first-order valence-electron chi connectivity index (χ1n) is 6.22. The Morgan fingerprint density at radius 3 is 2.50 bits per heavy atom. The summed E-state index contributed by atoms with van der Waals surface area (Å²) < 4.78 is 43.6. The van der Waals surface area contributed by atoms with Crippen LogP contribution in [0.2, 0.25) is 0 Å². The van der Waals surface area contributed by atoms with Crippen molar-refractivity contribution in [1.82, 2.24) is 15.5 Å². The molecule has 1 atom stereocenters. The number of hydrogen-bond acceptors (Lipinski definition) is 4. The van der Waals surface area contributed by atoms with E-state index in [4.69, 9.17) is 4.74 Å². The van der Waals surface area contributed by atoms with E-state index in [0.29, 0.717) is 26.2 Å². The number of hydrogen-bond donors (Lipinski definition) is 2. The van der Waals surface area contributed by atoms with Crippen LogP contribution in [0.25, 0.3) is 0 Å². The first-order chi connectivity index (χ1) is 8.95. The molecule has 0 aromatic heterocycles. The van der Waals surface area contributed by atoms with Crippen LogP contribution in [0, 0.1) is 0 Å². The Morgan fingerprint density at radius 2 is 2.00 bits per heavy atom. The molecular formula is C11H21ClF3N3O2. The predicted octanol–water partition coefficient (Wildman–Crippen LogP) is 0.397. The van der Waals surface area contributed by atoms with Crippen LogP contribution in [-0.2, 0) is 9.53 Å². The van der Waals surface area contributed by atoms with Gasteiger partial charge in [-0.1, -0.05) is 0 Å². The van der Waals surface area contributed by atoms with Gasteiger partial charge in [-0.2, -0.15) is 13.2 Å². The van der Waals surface area contributed by atoms with Gasteiger partial charge in [-0.25, -0.2) is 0 Å². The number of halogens is 4. The third-order valence-electron chi connectivity index (χ3n) is 3.00. The van der Waals surface area contributed by atoms with E-state index in [0.717, 1.165) is 0 Å². The van der Waals surface area contributed by atoms with Crippen molar-refractivity contribution in [3.8, 4) is 0 Å². The van der Waals surface area contributed by atoms with Gasteiger partial charge >= 0.3 is 6.18 Å². The Bertz CT molecular complexity index is 287. The van der Waals surface area contributed by atoms with Crippen molar-refractivity contribution in [2.45, 2.75) is 18.6 Å². The summed E-state index contributed by atoms with van der Waals surface area (Å²) in [7, 11) is 1.44. The highest BCUT2D eigenvalue weighted by atomic mass is 35.5. The molecule has 1 aliphatic heterocycles. The third kappa shape index (κ3) is 6.74. The molecule has 1 saturated heterocycles. The number of amides is 1. The fourth-order valence-corrected chi connectivity index (χ4v) is 1.94.